The van der Waals surface area contributed by atoms with E-state index >= 15 is 0 Å². The van der Waals surface area contributed by atoms with E-state index in [2.05, 4.69) is 30.4 Å². The second-order valence-electron chi connectivity index (χ2n) is 6.81. The number of ether oxygens (including phenoxy) is 1. The zero-order valence-electron chi connectivity index (χ0n) is 15.7. The lowest BCUT2D eigenvalue weighted by molar-refractivity contribution is -0.190. The number of halogens is 5. The molecule has 0 aliphatic carbocycles. The van der Waals surface area contributed by atoms with Gasteiger partial charge in [-0.3, -0.25) is 0 Å². The van der Waals surface area contributed by atoms with E-state index in [1.54, 1.807) is 6.92 Å². The molecule has 0 amide bonds. The average Bonchev–Trinajstić information content (AvgIpc) is 3.33. The first-order valence-corrected chi connectivity index (χ1v) is 8.78. The minimum Gasteiger partial charge on any atom is -0.451 e. The van der Waals surface area contributed by atoms with Crippen LogP contribution in [0.4, 0.5) is 27.8 Å². The van der Waals surface area contributed by atoms with Crippen LogP contribution in [-0.2, 0) is 6.54 Å². The van der Waals surface area contributed by atoms with E-state index in [4.69, 9.17) is 9.26 Å². The van der Waals surface area contributed by atoms with Crippen molar-refractivity contribution in [1.82, 2.24) is 35.1 Å². The lowest BCUT2D eigenvalue weighted by Crippen LogP contribution is -2.32. The summed E-state index contributed by atoms with van der Waals surface area (Å²) in [5, 5.41) is 11.4. The summed E-state index contributed by atoms with van der Waals surface area (Å²) in [6, 6.07) is -0.636. The molecule has 0 aromatic carbocycles. The molecule has 0 bridgehead atoms. The first-order chi connectivity index (χ1) is 14.0. The number of anilines is 1. The van der Waals surface area contributed by atoms with Crippen molar-refractivity contribution in [1.29, 1.82) is 0 Å². The monoisotopic (exact) mass is 434 g/mol. The van der Waals surface area contributed by atoms with Crippen molar-refractivity contribution in [2.24, 2.45) is 0 Å². The Labute approximate surface area is 165 Å². The molecule has 1 fully saturated rings. The summed E-state index contributed by atoms with van der Waals surface area (Å²) in [6.45, 7) is 1.57. The van der Waals surface area contributed by atoms with Gasteiger partial charge in [-0.05, 0) is 13.8 Å². The molecule has 1 saturated heterocycles. The normalized spacial score (nSPS) is 17.6. The van der Waals surface area contributed by atoms with Gasteiger partial charge in [0.25, 0.3) is 5.92 Å². The fraction of sp³-hybridized carbons (Fsp3) is 0.600. The molecule has 3 aromatic heterocycles. The molecule has 4 rings (SSSR count). The summed E-state index contributed by atoms with van der Waals surface area (Å²) in [6.07, 6.45) is -7.31. The van der Waals surface area contributed by atoms with Gasteiger partial charge in [0.15, 0.2) is 28.9 Å². The summed E-state index contributed by atoms with van der Waals surface area (Å²) in [5.74, 6) is -2.53. The highest BCUT2D eigenvalue weighted by molar-refractivity contribution is 5.83. The standard InChI is InChI=1S/C15H15F5N8O2/c1-7(15(18,19)20)29-13-22-11(27-4-3-14(16,17)6-27)10-12(23-13)28(26-24-10)5-9-21-8(2)25-30-9/h7H,3-6H2,1-2H3. The molecule has 15 heteroatoms. The Kier molecular flexibility index (Phi) is 4.69. The third-order valence-corrected chi connectivity index (χ3v) is 4.39. The summed E-state index contributed by atoms with van der Waals surface area (Å²) < 4.78 is 77.2. The molecule has 1 aliphatic rings. The molecule has 10 nitrogen and oxygen atoms in total. The Balaban J connectivity index is 1.76. The molecule has 162 valence electrons. The van der Waals surface area contributed by atoms with Crippen molar-refractivity contribution >= 4 is 17.0 Å². The van der Waals surface area contributed by atoms with Crippen molar-refractivity contribution in [3.63, 3.8) is 0 Å². The predicted octanol–water partition coefficient (Wildman–Crippen LogP) is 2.14. The Hall–Kier alpha value is -3.13. The highest BCUT2D eigenvalue weighted by atomic mass is 19.4. The molecule has 1 atom stereocenters. The fourth-order valence-electron chi connectivity index (χ4n) is 2.88. The van der Waals surface area contributed by atoms with E-state index in [0.717, 1.165) is 6.92 Å². The maximum Gasteiger partial charge on any atom is 0.425 e. The van der Waals surface area contributed by atoms with Crippen LogP contribution in [0, 0.1) is 6.92 Å². The van der Waals surface area contributed by atoms with Gasteiger partial charge in [-0.15, -0.1) is 5.10 Å². The van der Waals surface area contributed by atoms with Gasteiger partial charge in [0.1, 0.15) is 6.54 Å². The molecule has 0 spiro atoms. The molecule has 0 saturated carbocycles. The highest BCUT2D eigenvalue weighted by Crippen LogP contribution is 2.34. The minimum atomic E-state index is -4.67. The van der Waals surface area contributed by atoms with Gasteiger partial charge in [0.2, 0.25) is 5.89 Å². The zero-order valence-corrected chi connectivity index (χ0v) is 15.7. The summed E-state index contributed by atoms with van der Waals surface area (Å²) >= 11 is 0. The van der Waals surface area contributed by atoms with E-state index in [0.29, 0.717) is 5.82 Å². The number of nitrogens with zero attached hydrogens (tertiary/aromatic N) is 8. The summed E-state index contributed by atoms with van der Waals surface area (Å²) in [4.78, 5) is 13.1. The van der Waals surface area contributed by atoms with E-state index in [1.165, 1.54) is 9.58 Å². The molecule has 4 heterocycles. The Morgan fingerprint density at radius 2 is 2.00 bits per heavy atom. The number of hydrogen-bond donors (Lipinski definition) is 0. The number of aryl methyl sites for hydroxylation is 1. The van der Waals surface area contributed by atoms with Crippen molar-refractivity contribution in [2.75, 3.05) is 18.0 Å². The summed E-state index contributed by atoms with van der Waals surface area (Å²) in [5.41, 5.74) is 0.0198. The first-order valence-electron chi connectivity index (χ1n) is 8.78. The molecule has 1 unspecified atom stereocenters. The SMILES string of the molecule is Cc1noc(Cn2nnc3c(N4CCC(F)(F)C4)nc(OC(C)C(F)(F)F)nc32)n1. The van der Waals surface area contributed by atoms with Crippen molar-refractivity contribution in [3.05, 3.63) is 11.7 Å². The summed E-state index contributed by atoms with van der Waals surface area (Å²) in [7, 11) is 0. The fourth-order valence-corrected chi connectivity index (χ4v) is 2.88. The van der Waals surface area contributed by atoms with Crippen LogP contribution in [0.15, 0.2) is 4.52 Å². The van der Waals surface area contributed by atoms with E-state index < -0.39 is 37.2 Å². The largest absolute Gasteiger partial charge is 0.451 e. The second-order valence-corrected chi connectivity index (χ2v) is 6.81. The number of rotatable bonds is 5. The van der Waals surface area contributed by atoms with Gasteiger partial charge in [-0.25, -0.2) is 13.5 Å². The van der Waals surface area contributed by atoms with Gasteiger partial charge in [0, 0.05) is 13.0 Å². The quantitative estimate of drug-likeness (QED) is 0.558. The van der Waals surface area contributed by atoms with Gasteiger partial charge in [-0.1, -0.05) is 10.4 Å². The van der Waals surface area contributed by atoms with Gasteiger partial charge in [0.05, 0.1) is 6.54 Å². The van der Waals surface area contributed by atoms with Crippen molar-refractivity contribution in [2.45, 2.75) is 45.0 Å². The number of aromatic nitrogens is 7. The van der Waals surface area contributed by atoms with Crippen LogP contribution in [0.3, 0.4) is 0 Å². The van der Waals surface area contributed by atoms with Crippen molar-refractivity contribution < 1.29 is 31.2 Å². The maximum atomic E-state index is 13.7. The topological polar surface area (TPSA) is 108 Å². The average molecular weight is 434 g/mol. The van der Waals surface area contributed by atoms with E-state index in [9.17, 15) is 22.0 Å². The Morgan fingerprint density at radius 1 is 1.23 bits per heavy atom. The maximum absolute atomic E-state index is 13.7. The number of fused-ring (bicyclic) bond motifs is 1. The lowest BCUT2D eigenvalue weighted by Gasteiger charge is -2.20. The van der Waals surface area contributed by atoms with Crippen LogP contribution >= 0.6 is 0 Å². The molecule has 3 aromatic rings. The van der Waals surface area contributed by atoms with Crippen LogP contribution in [0.2, 0.25) is 0 Å². The molecule has 30 heavy (non-hydrogen) atoms. The van der Waals surface area contributed by atoms with Crippen LogP contribution in [0.5, 0.6) is 6.01 Å². The van der Waals surface area contributed by atoms with Gasteiger partial charge < -0.3 is 14.2 Å². The number of hydrogen-bond acceptors (Lipinski definition) is 9. The Morgan fingerprint density at radius 3 is 2.60 bits per heavy atom. The number of alkyl halides is 5. The molecule has 0 radical (unpaired) electrons. The third kappa shape index (κ3) is 3.95. The predicted molar refractivity (Wildman–Crippen MR) is 89.2 cm³/mol. The highest BCUT2D eigenvalue weighted by Gasteiger charge is 2.41. The van der Waals surface area contributed by atoms with Crippen LogP contribution in [0.1, 0.15) is 25.1 Å². The lowest BCUT2D eigenvalue weighted by atomic mass is 10.3. The van der Waals surface area contributed by atoms with Crippen LogP contribution in [0.25, 0.3) is 11.2 Å². The molecular weight excluding hydrogens is 419 g/mol. The first kappa shape index (κ1) is 20.2. The molecule has 1 aliphatic heterocycles. The second kappa shape index (κ2) is 6.98. The van der Waals surface area contributed by atoms with Crippen molar-refractivity contribution in [3.8, 4) is 6.01 Å². The van der Waals surface area contributed by atoms with Crippen LogP contribution in [-0.4, -0.2) is 66.4 Å². The van der Waals surface area contributed by atoms with Gasteiger partial charge in [-0.2, -0.15) is 28.1 Å². The van der Waals surface area contributed by atoms with Gasteiger partial charge >= 0.3 is 12.2 Å². The smallest absolute Gasteiger partial charge is 0.425 e. The van der Waals surface area contributed by atoms with E-state index in [1.807, 2.05) is 0 Å². The molecular formula is C15H15F5N8O2. The van der Waals surface area contributed by atoms with Crippen LogP contribution < -0.4 is 9.64 Å². The Bertz CT molecular complexity index is 1070. The van der Waals surface area contributed by atoms with E-state index in [-0.39, 0.29) is 36.0 Å². The molecule has 0 N–H and O–H groups in total. The third-order valence-electron chi connectivity index (χ3n) is 4.39. The zero-order chi connectivity index (χ0) is 21.7. The minimum absolute atomic E-state index is 0.0181.